The predicted octanol–water partition coefficient (Wildman–Crippen LogP) is 1.40. The van der Waals surface area contributed by atoms with Crippen molar-refractivity contribution >= 4 is 28.5 Å². The van der Waals surface area contributed by atoms with Crippen LogP contribution in [0, 0.1) is 5.92 Å². The zero-order valence-electron chi connectivity index (χ0n) is 19.0. The van der Waals surface area contributed by atoms with E-state index in [0.717, 1.165) is 30.4 Å². The number of carbonyl (C=O) groups excluding carboxylic acids is 2. The minimum Gasteiger partial charge on any atom is -0.368 e. The Morgan fingerprint density at radius 1 is 1.18 bits per heavy atom. The molecule has 0 bridgehead atoms. The first-order valence-electron chi connectivity index (χ1n) is 11.5. The Bertz CT molecular complexity index is 1330. The van der Waals surface area contributed by atoms with Gasteiger partial charge in [-0.05, 0) is 43.4 Å². The van der Waals surface area contributed by atoms with Crippen LogP contribution >= 0.6 is 0 Å². The lowest BCUT2D eigenvalue weighted by molar-refractivity contribution is -0.118. The summed E-state index contributed by atoms with van der Waals surface area (Å²) in [5.74, 6) is -0.492. The molecular formula is C23H30N6O4. The number of nitrogens with one attached hydrogen (secondary N) is 1. The van der Waals surface area contributed by atoms with Crippen molar-refractivity contribution in [1.29, 1.82) is 0 Å². The molecule has 1 aliphatic carbocycles. The van der Waals surface area contributed by atoms with Crippen LogP contribution in [0.2, 0.25) is 0 Å². The van der Waals surface area contributed by atoms with Crippen molar-refractivity contribution in [3.63, 3.8) is 0 Å². The molecule has 1 saturated carbocycles. The van der Waals surface area contributed by atoms with Gasteiger partial charge in [0.05, 0.1) is 10.9 Å². The second kappa shape index (κ2) is 9.21. The molecular weight excluding hydrogens is 424 g/mol. The number of fused-ring (bicyclic) bond motifs is 3. The maximum atomic E-state index is 13.3. The van der Waals surface area contributed by atoms with E-state index in [0.29, 0.717) is 29.8 Å². The smallest absolute Gasteiger partial charge is 0.352 e. The lowest BCUT2D eigenvalue weighted by Crippen LogP contribution is -2.36. The minimum absolute atomic E-state index is 0.129. The summed E-state index contributed by atoms with van der Waals surface area (Å²) in [5, 5.41) is 7.61. The van der Waals surface area contributed by atoms with E-state index in [9.17, 15) is 19.2 Å². The molecule has 176 valence electrons. The first kappa shape index (κ1) is 22.8. The molecule has 0 radical (unpaired) electrons. The monoisotopic (exact) mass is 454 g/mol. The molecule has 0 saturated heterocycles. The van der Waals surface area contributed by atoms with E-state index in [1.54, 1.807) is 18.2 Å². The number of carbonyl (C=O) groups is 2. The number of hydrogen-bond acceptors (Lipinski definition) is 5. The van der Waals surface area contributed by atoms with Gasteiger partial charge in [0.2, 0.25) is 11.7 Å². The summed E-state index contributed by atoms with van der Waals surface area (Å²) in [6, 6.07) is 4.87. The topological polar surface area (TPSA) is 133 Å². The Balaban J connectivity index is 1.86. The number of aryl methyl sites for hydroxylation is 1. The van der Waals surface area contributed by atoms with E-state index >= 15 is 0 Å². The van der Waals surface area contributed by atoms with E-state index in [1.807, 2.05) is 13.8 Å². The molecule has 33 heavy (non-hydrogen) atoms. The normalized spacial score (nSPS) is 14.9. The van der Waals surface area contributed by atoms with E-state index in [-0.39, 0.29) is 28.8 Å². The van der Waals surface area contributed by atoms with Crippen LogP contribution in [0.25, 0.3) is 16.7 Å². The maximum absolute atomic E-state index is 13.3. The molecule has 0 aliphatic heterocycles. The van der Waals surface area contributed by atoms with E-state index in [4.69, 9.17) is 5.73 Å². The first-order valence-corrected chi connectivity index (χ1v) is 11.5. The summed E-state index contributed by atoms with van der Waals surface area (Å²) in [5.41, 5.74) is 5.04. The van der Waals surface area contributed by atoms with Crippen molar-refractivity contribution in [3.05, 3.63) is 44.6 Å². The number of primary amides is 1. The first-order chi connectivity index (χ1) is 15.8. The third-order valence-electron chi connectivity index (χ3n) is 6.22. The Kier molecular flexibility index (Phi) is 6.35. The van der Waals surface area contributed by atoms with Crippen molar-refractivity contribution in [2.75, 3.05) is 0 Å². The van der Waals surface area contributed by atoms with Crippen molar-refractivity contribution in [3.8, 4) is 0 Å². The average molecular weight is 455 g/mol. The molecule has 0 unspecified atom stereocenters. The molecule has 0 spiro atoms. The van der Waals surface area contributed by atoms with Gasteiger partial charge in [0.15, 0.2) is 0 Å². The molecule has 0 atom stereocenters. The second-order valence-corrected chi connectivity index (χ2v) is 9.22. The molecule has 4 rings (SSSR count). The quantitative estimate of drug-likeness (QED) is 0.557. The Morgan fingerprint density at radius 3 is 2.58 bits per heavy atom. The largest absolute Gasteiger partial charge is 0.368 e. The van der Waals surface area contributed by atoms with Crippen LogP contribution in [0.15, 0.2) is 27.8 Å². The van der Waals surface area contributed by atoms with Crippen LogP contribution in [0.4, 0.5) is 0 Å². The number of nitrogens with two attached hydrogens (primary N) is 1. The van der Waals surface area contributed by atoms with Crippen LogP contribution in [0.5, 0.6) is 0 Å². The van der Waals surface area contributed by atoms with Gasteiger partial charge in [-0.15, -0.1) is 5.10 Å². The number of hydrogen-bond donors (Lipinski definition) is 2. The van der Waals surface area contributed by atoms with Gasteiger partial charge in [-0.3, -0.25) is 19.0 Å². The van der Waals surface area contributed by atoms with Crippen LogP contribution in [-0.2, 0) is 17.9 Å². The Hall–Kier alpha value is -3.43. The molecule has 2 heterocycles. The number of amides is 2. The van der Waals surface area contributed by atoms with Gasteiger partial charge in [0, 0.05) is 18.2 Å². The van der Waals surface area contributed by atoms with Gasteiger partial charge in [-0.1, -0.05) is 33.1 Å². The Labute approximate surface area is 190 Å². The van der Waals surface area contributed by atoms with Crippen LogP contribution in [0.1, 0.15) is 62.7 Å². The molecule has 2 aromatic heterocycles. The summed E-state index contributed by atoms with van der Waals surface area (Å²) in [6.45, 7) is 4.05. The zero-order chi connectivity index (χ0) is 23.7. The average Bonchev–Trinajstić information content (AvgIpc) is 3.09. The van der Waals surface area contributed by atoms with Crippen molar-refractivity contribution in [1.82, 2.24) is 24.1 Å². The van der Waals surface area contributed by atoms with Crippen LogP contribution in [-0.4, -0.2) is 36.6 Å². The van der Waals surface area contributed by atoms with Gasteiger partial charge in [-0.25, -0.2) is 13.9 Å². The molecule has 2 amide bonds. The lowest BCUT2D eigenvalue weighted by atomic mass is 9.95. The van der Waals surface area contributed by atoms with Crippen LogP contribution < -0.4 is 22.3 Å². The third-order valence-corrected chi connectivity index (χ3v) is 6.22. The highest BCUT2D eigenvalue weighted by Crippen LogP contribution is 2.19. The SMILES string of the molecule is CC(C)CCn1c(=O)c2ccc(C(=O)NC3CCCCC3)cc2n2c(=O)n(CC(N)=O)nc12. The van der Waals surface area contributed by atoms with Gasteiger partial charge in [-0.2, -0.15) is 0 Å². The van der Waals surface area contributed by atoms with Gasteiger partial charge in [0.25, 0.3) is 11.5 Å². The predicted molar refractivity (Wildman–Crippen MR) is 124 cm³/mol. The number of rotatable bonds is 7. The highest BCUT2D eigenvalue weighted by atomic mass is 16.2. The summed E-state index contributed by atoms with van der Waals surface area (Å²) < 4.78 is 3.69. The summed E-state index contributed by atoms with van der Waals surface area (Å²) >= 11 is 0. The summed E-state index contributed by atoms with van der Waals surface area (Å²) in [6.07, 6.45) is 5.97. The number of nitrogens with zero attached hydrogens (tertiary/aromatic N) is 4. The summed E-state index contributed by atoms with van der Waals surface area (Å²) in [7, 11) is 0. The molecule has 10 heteroatoms. The highest BCUT2D eigenvalue weighted by molar-refractivity contribution is 5.98. The minimum atomic E-state index is -0.714. The van der Waals surface area contributed by atoms with Crippen molar-refractivity contribution < 1.29 is 9.59 Å². The molecule has 10 nitrogen and oxygen atoms in total. The van der Waals surface area contributed by atoms with Crippen molar-refractivity contribution in [2.45, 2.75) is 71.5 Å². The Morgan fingerprint density at radius 2 is 1.91 bits per heavy atom. The van der Waals surface area contributed by atoms with Gasteiger partial charge >= 0.3 is 5.69 Å². The molecule has 1 aliphatic rings. The fraction of sp³-hybridized carbons (Fsp3) is 0.522. The molecule has 1 aromatic carbocycles. The highest BCUT2D eigenvalue weighted by Gasteiger charge is 2.21. The fourth-order valence-electron chi connectivity index (χ4n) is 4.41. The van der Waals surface area contributed by atoms with E-state index < -0.39 is 18.1 Å². The van der Waals surface area contributed by atoms with Gasteiger partial charge in [0.1, 0.15) is 6.54 Å². The molecule has 3 aromatic rings. The zero-order valence-corrected chi connectivity index (χ0v) is 19.0. The van der Waals surface area contributed by atoms with Gasteiger partial charge < -0.3 is 11.1 Å². The lowest BCUT2D eigenvalue weighted by Gasteiger charge is -2.22. The molecule has 1 fully saturated rings. The number of aromatic nitrogens is 4. The third kappa shape index (κ3) is 4.55. The van der Waals surface area contributed by atoms with E-state index in [1.165, 1.54) is 15.4 Å². The maximum Gasteiger partial charge on any atom is 0.352 e. The standard InChI is InChI=1S/C23H30N6O4/c1-14(2)10-11-27-21(32)17-9-8-15(20(31)25-16-6-4-3-5-7-16)12-18(17)29-22(27)26-28(23(29)33)13-19(24)30/h8-9,12,14,16H,3-7,10-11,13H2,1-2H3,(H2,24,30)(H,25,31). The van der Waals surface area contributed by atoms with Crippen LogP contribution in [0.3, 0.4) is 0 Å². The number of benzene rings is 1. The molecule has 3 N–H and O–H groups in total. The second-order valence-electron chi connectivity index (χ2n) is 9.22. The van der Waals surface area contributed by atoms with E-state index in [2.05, 4.69) is 10.4 Å². The fourth-order valence-corrected chi connectivity index (χ4v) is 4.41. The summed E-state index contributed by atoms with van der Waals surface area (Å²) in [4.78, 5) is 50.8. The van der Waals surface area contributed by atoms with Crippen molar-refractivity contribution in [2.24, 2.45) is 11.7 Å².